The van der Waals surface area contributed by atoms with Crippen LogP contribution in [0.15, 0.2) is 23.2 Å². The maximum atomic E-state index is 13.7. The molecule has 2 N–H and O–H groups in total. The first-order valence-corrected chi connectivity index (χ1v) is 8.80. The van der Waals surface area contributed by atoms with Crippen molar-refractivity contribution in [3.8, 4) is 0 Å². The zero-order chi connectivity index (χ0) is 17.4. The summed E-state index contributed by atoms with van der Waals surface area (Å²) in [5.74, 6) is 0.380. The van der Waals surface area contributed by atoms with Gasteiger partial charge in [-0.15, -0.1) is 0 Å². The minimum absolute atomic E-state index is 0.117. The Morgan fingerprint density at radius 1 is 1.29 bits per heavy atom. The summed E-state index contributed by atoms with van der Waals surface area (Å²) in [5.41, 5.74) is 0.266. The molecule has 1 aromatic carbocycles. The van der Waals surface area contributed by atoms with Crippen LogP contribution in [0.25, 0.3) is 0 Å². The van der Waals surface area contributed by atoms with Crippen LogP contribution in [-0.4, -0.2) is 43.6 Å². The molecule has 0 aromatic heterocycles. The third kappa shape index (κ3) is 5.74. The van der Waals surface area contributed by atoms with Gasteiger partial charge < -0.3 is 15.5 Å². The van der Waals surface area contributed by atoms with E-state index in [0.29, 0.717) is 11.9 Å². The maximum absolute atomic E-state index is 13.7. The Kier molecular flexibility index (Phi) is 7.43. The van der Waals surface area contributed by atoms with Crippen LogP contribution in [0.5, 0.6) is 0 Å². The molecule has 0 spiro atoms. The molecule has 1 atom stereocenters. The van der Waals surface area contributed by atoms with Crippen molar-refractivity contribution in [2.75, 3.05) is 32.7 Å². The highest BCUT2D eigenvalue weighted by atomic mass is 19.1. The Bertz CT molecular complexity index is 548. The summed E-state index contributed by atoms with van der Waals surface area (Å²) in [6.45, 7) is 9.30. The zero-order valence-corrected chi connectivity index (χ0v) is 14.6. The van der Waals surface area contributed by atoms with Crippen molar-refractivity contribution in [1.82, 2.24) is 15.5 Å². The zero-order valence-electron chi connectivity index (χ0n) is 14.6. The van der Waals surface area contributed by atoms with E-state index in [1.165, 1.54) is 18.9 Å². The summed E-state index contributed by atoms with van der Waals surface area (Å²) in [4.78, 5) is 6.86. The quantitative estimate of drug-likeness (QED) is 0.593. The number of nitrogens with one attached hydrogen (secondary N) is 2. The van der Waals surface area contributed by atoms with E-state index >= 15 is 0 Å². The first-order valence-electron chi connectivity index (χ1n) is 8.80. The monoisotopic (exact) mass is 338 g/mol. The van der Waals surface area contributed by atoms with Gasteiger partial charge in [-0.2, -0.15) is 0 Å². The van der Waals surface area contributed by atoms with Crippen molar-refractivity contribution < 1.29 is 8.78 Å². The number of rotatable bonds is 7. The number of halogens is 2. The molecule has 1 heterocycles. The number of hydrogen-bond donors (Lipinski definition) is 2. The van der Waals surface area contributed by atoms with Gasteiger partial charge in [0.1, 0.15) is 11.6 Å². The molecule has 6 heteroatoms. The van der Waals surface area contributed by atoms with Crippen molar-refractivity contribution in [2.24, 2.45) is 10.9 Å². The van der Waals surface area contributed by atoms with Gasteiger partial charge in [0.15, 0.2) is 5.96 Å². The molecule has 0 amide bonds. The normalized spacial score (nSPS) is 18.8. The summed E-state index contributed by atoms with van der Waals surface area (Å²) < 4.78 is 26.9. The lowest BCUT2D eigenvalue weighted by Crippen LogP contribution is -2.40. The molecule has 1 aromatic rings. The van der Waals surface area contributed by atoms with Crippen LogP contribution >= 0.6 is 0 Å². The molecule has 0 bridgehead atoms. The van der Waals surface area contributed by atoms with Crippen LogP contribution in [0.1, 0.15) is 32.3 Å². The average Bonchev–Trinajstić information content (AvgIpc) is 3.01. The van der Waals surface area contributed by atoms with Crippen LogP contribution in [0, 0.1) is 17.6 Å². The van der Waals surface area contributed by atoms with E-state index in [4.69, 9.17) is 0 Å². The Morgan fingerprint density at radius 2 is 2.12 bits per heavy atom. The van der Waals surface area contributed by atoms with Gasteiger partial charge in [-0.25, -0.2) is 13.8 Å². The van der Waals surface area contributed by atoms with Crippen molar-refractivity contribution >= 4 is 5.96 Å². The summed E-state index contributed by atoms with van der Waals surface area (Å²) in [6.07, 6.45) is 2.37. The highest BCUT2D eigenvalue weighted by molar-refractivity contribution is 5.79. The van der Waals surface area contributed by atoms with E-state index in [1.54, 1.807) is 0 Å². The lowest BCUT2D eigenvalue weighted by atomic mass is 10.1. The molecule has 1 fully saturated rings. The number of likely N-dealkylation sites (tertiary alicyclic amines) is 1. The lowest BCUT2D eigenvalue weighted by molar-refractivity contribution is 0.324. The van der Waals surface area contributed by atoms with Crippen LogP contribution in [0.2, 0.25) is 0 Å². The molecule has 0 aliphatic carbocycles. The number of nitrogens with zero attached hydrogens (tertiary/aromatic N) is 2. The first kappa shape index (κ1) is 18.6. The van der Waals surface area contributed by atoms with Crippen LogP contribution in [0.3, 0.4) is 0 Å². The molecule has 1 saturated heterocycles. The van der Waals surface area contributed by atoms with Gasteiger partial charge in [-0.3, -0.25) is 0 Å². The Hall–Kier alpha value is -1.69. The summed E-state index contributed by atoms with van der Waals surface area (Å²) in [7, 11) is 0. The molecule has 1 aliphatic rings. The molecular weight excluding hydrogens is 310 g/mol. The second-order valence-corrected chi connectivity index (χ2v) is 6.27. The van der Waals surface area contributed by atoms with Gasteiger partial charge in [-0.1, -0.05) is 6.92 Å². The number of hydrogen-bond acceptors (Lipinski definition) is 2. The highest BCUT2D eigenvalue weighted by Crippen LogP contribution is 2.15. The fourth-order valence-corrected chi connectivity index (χ4v) is 3.01. The maximum Gasteiger partial charge on any atom is 0.191 e. The van der Waals surface area contributed by atoms with Crippen molar-refractivity contribution in [3.05, 3.63) is 35.4 Å². The van der Waals surface area contributed by atoms with E-state index in [2.05, 4.69) is 27.4 Å². The topological polar surface area (TPSA) is 39.7 Å². The Balaban J connectivity index is 1.88. The molecule has 0 radical (unpaired) electrons. The van der Waals surface area contributed by atoms with E-state index in [1.807, 2.05) is 6.92 Å². The Morgan fingerprint density at radius 3 is 2.88 bits per heavy atom. The summed E-state index contributed by atoms with van der Waals surface area (Å²) in [6, 6.07) is 3.46. The van der Waals surface area contributed by atoms with Gasteiger partial charge in [-0.05, 0) is 57.0 Å². The van der Waals surface area contributed by atoms with Gasteiger partial charge in [0.05, 0.1) is 6.54 Å². The first-order chi connectivity index (χ1) is 11.6. The SMILES string of the molecule is CCCN1CCC(CNC(=NCc2cc(F)ccc2F)NCC)C1. The molecular formula is C18H28F2N4. The molecule has 134 valence electrons. The third-order valence-corrected chi connectivity index (χ3v) is 4.23. The fourth-order valence-electron chi connectivity index (χ4n) is 3.01. The van der Waals surface area contributed by atoms with Gasteiger partial charge in [0.25, 0.3) is 0 Å². The lowest BCUT2D eigenvalue weighted by Gasteiger charge is -2.17. The number of aliphatic imine (C=N–C) groups is 1. The molecule has 0 saturated carbocycles. The largest absolute Gasteiger partial charge is 0.357 e. The second kappa shape index (κ2) is 9.57. The summed E-state index contributed by atoms with van der Waals surface area (Å²) >= 11 is 0. The predicted molar refractivity (Wildman–Crippen MR) is 94.0 cm³/mol. The van der Waals surface area contributed by atoms with Gasteiger partial charge >= 0.3 is 0 Å². The standard InChI is InChI=1S/C18H28F2N4/c1-3-8-24-9-7-14(13-24)11-22-18(21-4-2)23-12-15-10-16(19)5-6-17(15)20/h5-6,10,14H,3-4,7-9,11-13H2,1-2H3,(H2,21,22,23). The van der Waals surface area contributed by atoms with E-state index < -0.39 is 11.6 Å². The Labute approximate surface area is 143 Å². The fraction of sp³-hybridized carbons (Fsp3) is 0.611. The highest BCUT2D eigenvalue weighted by Gasteiger charge is 2.21. The minimum Gasteiger partial charge on any atom is -0.357 e. The van der Waals surface area contributed by atoms with Gasteiger partial charge in [0.2, 0.25) is 0 Å². The second-order valence-electron chi connectivity index (χ2n) is 6.27. The summed E-state index contributed by atoms with van der Waals surface area (Å²) in [5, 5.41) is 6.48. The third-order valence-electron chi connectivity index (χ3n) is 4.23. The number of benzene rings is 1. The van der Waals surface area contributed by atoms with Crippen molar-refractivity contribution in [1.29, 1.82) is 0 Å². The minimum atomic E-state index is -0.443. The van der Waals surface area contributed by atoms with Gasteiger partial charge in [0, 0.05) is 25.2 Å². The van der Waals surface area contributed by atoms with Crippen LogP contribution < -0.4 is 10.6 Å². The molecule has 4 nitrogen and oxygen atoms in total. The van der Waals surface area contributed by atoms with Crippen LogP contribution in [-0.2, 0) is 6.54 Å². The average molecular weight is 338 g/mol. The predicted octanol–water partition coefficient (Wildman–Crippen LogP) is 2.75. The smallest absolute Gasteiger partial charge is 0.191 e. The molecule has 2 rings (SSSR count). The van der Waals surface area contributed by atoms with Crippen molar-refractivity contribution in [3.63, 3.8) is 0 Å². The van der Waals surface area contributed by atoms with E-state index in [-0.39, 0.29) is 12.1 Å². The van der Waals surface area contributed by atoms with Crippen molar-refractivity contribution in [2.45, 2.75) is 33.2 Å². The molecule has 24 heavy (non-hydrogen) atoms. The molecule has 1 unspecified atom stereocenters. The number of guanidine groups is 1. The van der Waals surface area contributed by atoms with E-state index in [9.17, 15) is 8.78 Å². The van der Waals surface area contributed by atoms with Crippen LogP contribution in [0.4, 0.5) is 8.78 Å². The van der Waals surface area contributed by atoms with E-state index in [0.717, 1.165) is 44.9 Å². The molecule has 1 aliphatic heterocycles.